The highest BCUT2D eigenvalue weighted by Gasteiger charge is 2.07. The average Bonchev–Trinajstić information content (AvgIpc) is 2.22. The number of pyridine rings is 1. The lowest BCUT2D eigenvalue weighted by molar-refractivity contribution is 1.33. The number of nitrogen functional groups attached to an aromatic ring is 1. The summed E-state index contributed by atoms with van der Waals surface area (Å²) in [4.78, 5) is 4.18. The molecule has 0 aliphatic carbocycles. The van der Waals surface area contributed by atoms with Crippen LogP contribution in [-0.2, 0) is 0 Å². The molecule has 0 aliphatic heterocycles. The van der Waals surface area contributed by atoms with E-state index < -0.39 is 0 Å². The molecule has 0 bridgehead atoms. The van der Waals surface area contributed by atoms with Crippen molar-refractivity contribution in [2.45, 2.75) is 0 Å². The molecule has 0 saturated heterocycles. The van der Waals surface area contributed by atoms with Gasteiger partial charge in [-0.1, -0.05) is 41.4 Å². The van der Waals surface area contributed by atoms with Crippen LogP contribution in [0.1, 0.15) is 0 Å². The zero-order chi connectivity index (χ0) is 10.8. The van der Waals surface area contributed by atoms with Crippen LogP contribution < -0.4 is 5.73 Å². The van der Waals surface area contributed by atoms with E-state index in [0.717, 1.165) is 11.3 Å². The first-order chi connectivity index (χ1) is 7.18. The molecule has 2 rings (SSSR count). The topological polar surface area (TPSA) is 38.9 Å². The molecule has 15 heavy (non-hydrogen) atoms. The molecule has 1 aromatic heterocycles. The molecule has 0 radical (unpaired) electrons. The normalized spacial score (nSPS) is 10.3. The van der Waals surface area contributed by atoms with Crippen molar-refractivity contribution in [3.63, 3.8) is 0 Å². The molecule has 0 unspecified atom stereocenters. The summed E-state index contributed by atoms with van der Waals surface area (Å²) in [6.07, 6.45) is 0. The van der Waals surface area contributed by atoms with Crippen molar-refractivity contribution in [1.82, 2.24) is 4.98 Å². The Bertz CT molecular complexity index is 498. The van der Waals surface area contributed by atoms with Gasteiger partial charge in [0.25, 0.3) is 0 Å². The summed E-state index contributed by atoms with van der Waals surface area (Å²) in [6.45, 7) is 0. The number of nitrogens with two attached hydrogens (primary N) is 1. The first-order valence-corrected chi connectivity index (χ1v) is 5.11. The van der Waals surface area contributed by atoms with Crippen molar-refractivity contribution >= 4 is 29.0 Å². The third kappa shape index (κ3) is 2.06. The number of aromatic nitrogens is 1. The fraction of sp³-hybridized carbons (Fsp3) is 0. The molecule has 1 aromatic carbocycles. The lowest BCUT2D eigenvalue weighted by atomic mass is 10.1. The van der Waals surface area contributed by atoms with Crippen molar-refractivity contribution in [3.05, 3.63) is 46.4 Å². The number of benzene rings is 1. The summed E-state index contributed by atoms with van der Waals surface area (Å²) in [5.41, 5.74) is 7.11. The van der Waals surface area contributed by atoms with Gasteiger partial charge in [0.15, 0.2) is 0 Å². The largest absolute Gasteiger partial charge is 0.384 e. The van der Waals surface area contributed by atoms with E-state index in [0.29, 0.717) is 15.9 Å². The number of nitrogens with zero attached hydrogens (tertiary/aromatic N) is 1. The van der Waals surface area contributed by atoms with Crippen LogP contribution in [0.25, 0.3) is 11.3 Å². The van der Waals surface area contributed by atoms with Crippen molar-refractivity contribution in [3.8, 4) is 11.3 Å². The van der Waals surface area contributed by atoms with Crippen LogP contribution in [0.4, 0.5) is 5.82 Å². The van der Waals surface area contributed by atoms with E-state index in [4.69, 9.17) is 28.9 Å². The summed E-state index contributed by atoms with van der Waals surface area (Å²) >= 11 is 12.0. The lowest BCUT2D eigenvalue weighted by Crippen LogP contribution is -1.91. The molecule has 0 saturated carbocycles. The van der Waals surface area contributed by atoms with Gasteiger partial charge < -0.3 is 5.73 Å². The summed E-state index contributed by atoms with van der Waals surface area (Å²) in [6, 6.07) is 10.8. The molecule has 0 fully saturated rings. The smallest absolute Gasteiger partial charge is 0.124 e. The predicted octanol–water partition coefficient (Wildman–Crippen LogP) is 3.64. The Morgan fingerprint density at radius 3 is 2.47 bits per heavy atom. The van der Waals surface area contributed by atoms with Gasteiger partial charge in [-0.15, -0.1) is 0 Å². The summed E-state index contributed by atoms with van der Waals surface area (Å²) in [7, 11) is 0. The number of anilines is 1. The second kappa shape index (κ2) is 4.09. The Hall–Kier alpha value is -1.25. The van der Waals surface area contributed by atoms with Crippen molar-refractivity contribution < 1.29 is 0 Å². The lowest BCUT2D eigenvalue weighted by Gasteiger charge is -2.05. The van der Waals surface area contributed by atoms with Crippen LogP contribution in [0.2, 0.25) is 10.0 Å². The van der Waals surface area contributed by atoms with E-state index in [1.54, 1.807) is 12.1 Å². The zero-order valence-corrected chi connectivity index (χ0v) is 9.26. The maximum atomic E-state index is 6.07. The van der Waals surface area contributed by atoms with E-state index >= 15 is 0 Å². The first-order valence-electron chi connectivity index (χ1n) is 4.35. The van der Waals surface area contributed by atoms with Crippen molar-refractivity contribution in [2.24, 2.45) is 0 Å². The third-order valence-electron chi connectivity index (χ3n) is 2.00. The molecule has 2 nitrogen and oxygen atoms in total. The molecule has 0 amide bonds. The average molecular weight is 239 g/mol. The van der Waals surface area contributed by atoms with Crippen LogP contribution in [0.5, 0.6) is 0 Å². The highest BCUT2D eigenvalue weighted by atomic mass is 35.5. The maximum Gasteiger partial charge on any atom is 0.124 e. The summed E-state index contributed by atoms with van der Waals surface area (Å²) in [5.74, 6) is 0.462. The maximum absolute atomic E-state index is 6.07. The molecule has 76 valence electrons. The minimum Gasteiger partial charge on any atom is -0.384 e. The molecule has 4 heteroatoms. The zero-order valence-electron chi connectivity index (χ0n) is 7.74. The minimum absolute atomic E-state index is 0.462. The highest BCUT2D eigenvalue weighted by molar-refractivity contribution is 6.43. The standard InChI is InChI=1S/C11H8Cl2N2/c12-8-4-1-3-7(11(8)13)9-5-2-6-10(14)15-9/h1-6H,(H2,14,15). The van der Waals surface area contributed by atoms with Gasteiger partial charge in [-0.25, -0.2) is 4.98 Å². The number of hydrogen-bond acceptors (Lipinski definition) is 2. The summed E-state index contributed by atoms with van der Waals surface area (Å²) in [5, 5.41) is 1.01. The Morgan fingerprint density at radius 1 is 1.00 bits per heavy atom. The molecular formula is C11H8Cl2N2. The third-order valence-corrected chi connectivity index (χ3v) is 2.82. The van der Waals surface area contributed by atoms with Crippen LogP contribution in [0, 0.1) is 0 Å². The van der Waals surface area contributed by atoms with Gasteiger partial charge in [0.1, 0.15) is 5.82 Å². The van der Waals surface area contributed by atoms with Gasteiger partial charge in [0.05, 0.1) is 15.7 Å². The number of rotatable bonds is 1. The Balaban J connectivity index is 2.59. The quantitative estimate of drug-likeness (QED) is 0.825. The van der Waals surface area contributed by atoms with E-state index in [9.17, 15) is 0 Å². The molecule has 2 aromatic rings. The van der Waals surface area contributed by atoms with Gasteiger partial charge in [-0.2, -0.15) is 0 Å². The Kier molecular flexibility index (Phi) is 2.80. The monoisotopic (exact) mass is 238 g/mol. The van der Waals surface area contributed by atoms with Gasteiger partial charge in [-0.3, -0.25) is 0 Å². The molecule has 2 N–H and O–H groups in total. The summed E-state index contributed by atoms with van der Waals surface area (Å²) < 4.78 is 0. The first kappa shape index (κ1) is 10.3. The van der Waals surface area contributed by atoms with Crippen LogP contribution >= 0.6 is 23.2 Å². The molecule has 1 heterocycles. The van der Waals surface area contributed by atoms with Crippen molar-refractivity contribution in [1.29, 1.82) is 0 Å². The van der Waals surface area contributed by atoms with Crippen LogP contribution in [-0.4, -0.2) is 4.98 Å². The SMILES string of the molecule is Nc1cccc(-c2cccc(Cl)c2Cl)n1. The van der Waals surface area contributed by atoms with Crippen molar-refractivity contribution in [2.75, 3.05) is 5.73 Å². The van der Waals surface area contributed by atoms with Gasteiger partial charge in [0, 0.05) is 5.56 Å². The predicted molar refractivity (Wildman–Crippen MR) is 64.1 cm³/mol. The molecular weight excluding hydrogens is 231 g/mol. The molecule has 0 atom stereocenters. The van der Waals surface area contributed by atoms with Crippen LogP contribution in [0.3, 0.4) is 0 Å². The van der Waals surface area contributed by atoms with E-state index in [-0.39, 0.29) is 0 Å². The minimum atomic E-state index is 0.462. The fourth-order valence-electron chi connectivity index (χ4n) is 1.30. The van der Waals surface area contributed by atoms with Crippen LogP contribution in [0.15, 0.2) is 36.4 Å². The molecule has 0 spiro atoms. The second-order valence-electron chi connectivity index (χ2n) is 3.05. The Labute approximate surface area is 97.7 Å². The van der Waals surface area contributed by atoms with E-state index in [1.165, 1.54) is 0 Å². The number of halogens is 2. The van der Waals surface area contributed by atoms with Gasteiger partial charge >= 0.3 is 0 Å². The number of hydrogen-bond donors (Lipinski definition) is 1. The second-order valence-corrected chi connectivity index (χ2v) is 3.83. The highest BCUT2D eigenvalue weighted by Crippen LogP contribution is 2.32. The van der Waals surface area contributed by atoms with E-state index in [1.807, 2.05) is 24.3 Å². The Morgan fingerprint density at radius 2 is 1.73 bits per heavy atom. The molecule has 0 aliphatic rings. The van der Waals surface area contributed by atoms with Gasteiger partial charge in [0.2, 0.25) is 0 Å². The fourth-order valence-corrected chi connectivity index (χ4v) is 1.70. The van der Waals surface area contributed by atoms with Gasteiger partial charge in [-0.05, 0) is 18.2 Å². The van der Waals surface area contributed by atoms with E-state index in [2.05, 4.69) is 4.98 Å².